The van der Waals surface area contributed by atoms with Gasteiger partial charge in [-0.15, -0.1) is 0 Å². The molecule has 3 rings (SSSR count). The zero-order valence-electron chi connectivity index (χ0n) is 13.4. The smallest absolute Gasteiger partial charge is 0.224 e. The van der Waals surface area contributed by atoms with E-state index in [1.807, 2.05) is 43.3 Å². The number of fused-ring (bicyclic) bond motifs is 1. The Morgan fingerprint density at radius 3 is 2.61 bits per heavy atom. The molecule has 1 N–H and O–H groups in total. The molecule has 1 amide bonds. The zero-order valence-corrected chi connectivity index (χ0v) is 13.4. The summed E-state index contributed by atoms with van der Waals surface area (Å²) in [5, 5.41) is 2.87. The van der Waals surface area contributed by atoms with Crippen molar-refractivity contribution in [2.24, 2.45) is 0 Å². The van der Waals surface area contributed by atoms with Gasteiger partial charge in [-0.25, -0.2) is 0 Å². The molecule has 0 atom stereocenters. The fraction of sp³-hybridized carbons (Fsp3) is 0.300. The molecule has 0 radical (unpaired) electrons. The van der Waals surface area contributed by atoms with Crippen LogP contribution in [0.25, 0.3) is 0 Å². The Bertz CT molecular complexity index is 749. The number of aryl methyl sites for hydroxylation is 3. The van der Waals surface area contributed by atoms with Crippen molar-refractivity contribution in [1.82, 2.24) is 0 Å². The van der Waals surface area contributed by atoms with Crippen molar-refractivity contribution >= 4 is 17.4 Å². The number of rotatable bonds is 5. The lowest BCUT2D eigenvalue weighted by Gasteiger charge is -2.08. The van der Waals surface area contributed by atoms with Gasteiger partial charge in [-0.2, -0.15) is 0 Å². The van der Waals surface area contributed by atoms with Crippen LogP contribution in [0.5, 0.6) is 0 Å². The van der Waals surface area contributed by atoms with Gasteiger partial charge in [0.05, 0.1) is 0 Å². The van der Waals surface area contributed by atoms with Crippen molar-refractivity contribution in [3.05, 3.63) is 64.7 Å². The highest BCUT2D eigenvalue weighted by Crippen LogP contribution is 2.23. The molecule has 3 heteroatoms. The highest BCUT2D eigenvalue weighted by Gasteiger charge is 2.15. The summed E-state index contributed by atoms with van der Waals surface area (Å²) in [5.41, 5.74) is 5.21. The van der Waals surface area contributed by atoms with Gasteiger partial charge in [-0.3, -0.25) is 9.59 Å². The summed E-state index contributed by atoms with van der Waals surface area (Å²) in [6.07, 6.45) is 3.80. The van der Waals surface area contributed by atoms with E-state index in [9.17, 15) is 9.59 Å². The molecule has 0 bridgehead atoms. The van der Waals surface area contributed by atoms with Crippen molar-refractivity contribution in [3.8, 4) is 0 Å². The quantitative estimate of drug-likeness (QED) is 0.846. The van der Waals surface area contributed by atoms with Crippen molar-refractivity contribution in [1.29, 1.82) is 0 Å². The molecule has 0 fully saturated rings. The van der Waals surface area contributed by atoms with Gasteiger partial charge in [-0.05, 0) is 55.0 Å². The minimum Gasteiger partial charge on any atom is -0.326 e. The summed E-state index contributed by atoms with van der Waals surface area (Å²) in [4.78, 5) is 24.3. The molecule has 0 saturated carbocycles. The van der Waals surface area contributed by atoms with Crippen molar-refractivity contribution in [3.63, 3.8) is 0 Å². The average Bonchev–Trinajstić information content (AvgIpc) is 3.02. The third kappa shape index (κ3) is 3.67. The number of hydrogen-bond acceptors (Lipinski definition) is 2. The van der Waals surface area contributed by atoms with E-state index in [1.165, 1.54) is 17.5 Å². The molecule has 2 aromatic carbocycles. The lowest BCUT2D eigenvalue weighted by atomic mass is 10.0. The largest absolute Gasteiger partial charge is 0.326 e. The van der Waals surface area contributed by atoms with E-state index in [1.54, 1.807) is 0 Å². The maximum absolute atomic E-state index is 12.3. The van der Waals surface area contributed by atoms with Gasteiger partial charge in [0.1, 0.15) is 0 Å². The number of amides is 1. The second-order valence-electron chi connectivity index (χ2n) is 6.12. The maximum atomic E-state index is 12.3. The predicted molar refractivity (Wildman–Crippen MR) is 91.8 cm³/mol. The monoisotopic (exact) mass is 307 g/mol. The van der Waals surface area contributed by atoms with E-state index in [0.29, 0.717) is 0 Å². The second kappa shape index (κ2) is 6.78. The van der Waals surface area contributed by atoms with Crippen LogP contribution in [0.2, 0.25) is 0 Å². The number of para-hydroxylation sites is 1. The summed E-state index contributed by atoms with van der Waals surface area (Å²) >= 11 is 0. The summed E-state index contributed by atoms with van der Waals surface area (Å²) in [6.45, 7) is 1.95. The lowest BCUT2D eigenvalue weighted by Crippen LogP contribution is -2.14. The van der Waals surface area contributed by atoms with Crippen LogP contribution in [-0.4, -0.2) is 11.7 Å². The Morgan fingerprint density at radius 1 is 1.00 bits per heavy atom. The molecular formula is C20H21NO2. The Labute approximate surface area is 136 Å². The van der Waals surface area contributed by atoms with Crippen LogP contribution in [0.15, 0.2) is 42.5 Å². The van der Waals surface area contributed by atoms with E-state index < -0.39 is 0 Å². The second-order valence-corrected chi connectivity index (χ2v) is 6.12. The van der Waals surface area contributed by atoms with Crippen LogP contribution >= 0.6 is 0 Å². The number of benzene rings is 2. The van der Waals surface area contributed by atoms with Crippen LogP contribution in [0, 0.1) is 6.92 Å². The summed E-state index contributed by atoms with van der Waals surface area (Å²) in [5.74, 6) is -0.0755. The fourth-order valence-corrected chi connectivity index (χ4v) is 3.04. The van der Waals surface area contributed by atoms with Crippen molar-refractivity contribution in [2.75, 3.05) is 5.32 Å². The van der Waals surface area contributed by atoms with Gasteiger partial charge < -0.3 is 5.32 Å². The van der Waals surface area contributed by atoms with Crippen LogP contribution in [0.3, 0.4) is 0 Å². The van der Waals surface area contributed by atoms with Gasteiger partial charge in [0, 0.05) is 24.1 Å². The molecule has 0 saturated heterocycles. The molecule has 3 nitrogen and oxygen atoms in total. The average molecular weight is 307 g/mol. The Morgan fingerprint density at radius 2 is 1.78 bits per heavy atom. The molecule has 1 aliphatic carbocycles. The number of carbonyl (C=O) groups is 2. The van der Waals surface area contributed by atoms with Crippen LogP contribution in [0.1, 0.15) is 46.3 Å². The Balaban J connectivity index is 1.56. The number of Topliss-reactive ketones (excluding diaryl/α,β-unsaturated/α-hetero) is 1. The summed E-state index contributed by atoms with van der Waals surface area (Å²) < 4.78 is 0. The SMILES string of the molecule is Cc1ccccc1NC(=O)CCC(=O)c1ccc2c(c1)CCC2. The number of hydrogen-bond donors (Lipinski definition) is 1. The summed E-state index contributed by atoms with van der Waals surface area (Å²) in [7, 11) is 0. The molecule has 0 spiro atoms. The topological polar surface area (TPSA) is 46.2 Å². The third-order valence-electron chi connectivity index (χ3n) is 4.42. The van der Waals surface area contributed by atoms with E-state index in [-0.39, 0.29) is 24.5 Å². The number of nitrogens with one attached hydrogen (secondary N) is 1. The molecule has 0 aromatic heterocycles. The normalized spacial score (nSPS) is 12.7. The Kier molecular flexibility index (Phi) is 4.56. The van der Waals surface area contributed by atoms with E-state index in [4.69, 9.17) is 0 Å². The molecule has 2 aromatic rings. The first-order valence-electron chi connectivity index (χ1n) is 8.14. The summed E-state index contributed by atoms with van der Waals surface area (Å²) in [6, 6.07) is 13.6. The molecule has 1 aliphatic rings. The highest BCUT2D eigenvalue weighted by molar-refractivity contribution is 6.00. The van der Waals surface area contributed by atoms with Crippen LogP contribution in [0.4, 0.5) is 5.69 Å². The van der Waals surface area contributed by atoms with Gasteiger partial charge in [0.25, 0.3) is 0 Å². The molecule has 0 heterocycles. The minimum atomic E-state index is -0.117. The minimum absolute atomic E-state index is 0.0413. The Hall–Kier alpha value is -2.42. The van der Waals surface area contributed by atoms with Gasteiger partial charge in [0.2, 0.25) is 5.91 Å². The zero-order chi connectivity index (χ0) is 16.2. The first-order chi connectivity index (χ1) is 11.1. The standard InChI is InChI=1S/C20H21NO2/c1-14-5-2-3-8-18(14)21-20(23)12-11-19(22)17-10-9-15-6-4-7-16(15)13-17/h2-3,5,8-10,13H,4,6-7,11-12H2,1H3,(H,21,23). The maximum Gasteiger partial charge on any atom is 0.224 e. The number of ketones is 1. The van der Waals surface area contributed by atoms with Crippen LogP contribution in [-0.2, 0) is 17.6 Å². The van der Waals surface area contributed by atoms with E-state index >= 15 is 0 Å². The molecular weight excluding hydrogens is 286 g/mol. The lowest BCUT2D eigenvalue weighted by molar-refractivity contribution is -0.116. The third-order valence-corrected chi connectivity index (χ3v) is 4.42. The van der Waals surface area contributed by atoms with Crippen molar-refractivity contribution in [2.45, 2.75) is 39.0 Å². The van der Waals surface area contributed by atoms with Crippen molar-refractivity contribution < 1.29 is 9.59 Å². The van der Waals surface area contributed by atoms with Gasteiger partial charge >= 0.3 is 0 Å². The predicted octanol–water partition coefficient (Wildman–Crippen LogP) is 4.09. The first-order valence-corrected chi connectivity index (χ1v) is 8.14. The number of carbonyl (C=O) groups excluding carboxylic acids is 2. The molecule has 0 aliphatic heterocycles. The van der Waals surface area contributed by atoms with E-state index in [2.05, 4.69) is 11.4 Å². The van der Waals surface area contributed by atoms with Gasteiger partial charge in [-0.1, -0.05) is 30.3 Å². The molecule has 0 unspecified atom stereocenters. The fourth-order valence-electron chi connectivity index (χ4n) is 3.04. The highest BCUT2D eigenvalue weighted by atomic mass is 16.2. The first kappa shape index (κ1) is 15.5. The van der Waals surface area contributed by atoms with Crippen LogP contribution < -0.4 is 5.32 Å². The molecule has 23 heavy (non-hydrogen) atoms. The van der Waals surface area contributed by atoms with Gasteiger partial charge in [0.15, 0.2) is 5.78 Å². The number of anilines is 1. The van der Waals surface area contributed by atoms with E-state index in [0.717, 1.165) is 29.7 Å². The molecule has 118 valence electrons.